The first-order valence-electron chi connectivity index (χ1n) is 9.51. The average molecular weight is 363 g/mol. The van der Waals surface area contributed by atoms with E-state index in [0.717, 1.165) is 37.6 Å². The van der Waals surface area contributed by atoms with Crippen molar-refractivity contribution in [3.05, 3.63) is 60.0 Å². The van der Waals surface area contributed by atoms with Crippen molar-refractivity contribution in [3.63, 3.8) is 0 Å². The van der Waals surface area contributed by atoms with Crippen LogP contribution in [0.1, 0.15) is 30.9 Å². The molecule has 0 saturated carbocycles. The SMILES string of the molecule is CC(C)c1ccc(CC(=O)N2CCN(c3cn4cccnc4n3)CC2)cc1. The average Bonchev–Trinajstić information content (AvgIpc) is 3.13. The van der Waals surface area contributed by atoms with Crippen LogP contribution in [-0.2, 0) is 11.2 Å². The van der Waals surface area contributed by atoms with E-state index in [-0.39, 0.29) is 5.91 Å². The van der Waals surface area contributed by atoms with Crippen LogP contribution in [0.5, 0.6) is 0 Å². The summed E-state index contributed by atoms with van der Waals surface area (Å²) in [6, 6.07) is 10.3. The first kappa shape index (κ1) is 17.5. The highest BCUT2D eigenvalue weighted by Gasteiger charge is 2.22. The highest BCUT2D eigenvalue weighted by Crippen LogP contribution is 2.18. The minimum atomic E-state index is 0.198. The molecular formula is C21H25N5O. The fourth-order valence-electron chi connectivity index (χ4n) is 3.46. The van der Waals surface area contributed by atoms with Crippen molar-refractivity contribution < 1.29 is 4.79 Å². The van der Waals surface area contributed by atoms with E-state index in [9.17, 15) is 4.79 Å². The molecule has 0 N–H and O–H groups in total. The van der Waals surface area contributed by atoms with Crippen LogP contribution in [0.4, 0.5) is 5.82 Å². The summed E-state index contributed by atoms with van der Waals surface area (Å²) in [5.41, 5.74) is 2.39. The second-order valence-electron chi connectivity index (χ2n) is 7.37. The van der Waals surface area contributed by atoms with E-state index in [0.29, 0.717) is 18.1 Å². The lowest BCUT2D eigenvalue weighted by Crippen LogP contribution is -2.49. The van der Waals surface area contributed by atoms with Gasteiger partial charge in [0.15, 0.2) is 0 Å². The van der Waals surface area contributed by atoms with Crippen molar-refractivity contribution in [2.75, 3.05) is 31.1 Å². The molecule has 6 heteroatoms. The van der Waals surface area contributed by atoms with Gasteiger partial charge in [-0.25, -0.2) is 4.98 Å². The van der Waals surface area contributed by atoms with Crippen LogP contribution in [0.2, 0.25) is 0 Å². The number of carbonyl (C=O) groups excluding carboxylic acids is 1. The zero-order chi connectivity index (χ0) is 18.8. The molecule has 1 aromatic carbocycles. The van der Waals surface area contributed by atoms with Gasteiger partial charge in [-0.05, 0) is 23.1 Å². The molecule has 0 radical (unpaired) electrons. The fourth-order valence-corrected chi connectivity index (χ4v) is 3.46. The van der Waals surface area contributed by atoms with Crippen LogP contribution >= 0.6 is 0 Å². The molecule has 3 aromatic rings. The summed E-state index contributed by atoms with van der Waals surface area (Å²) < 4.78 is 1.92. The predicted octanol–water partition coefficient (Wildman–Crippen LogP) is 2.74. The topological polar surface area (TPSA) is 53.7 Å². The Hall–Kier alpha value is -2.89. The van der Waals surface area contributed by atoms with Gasteiger partial charge in [-0.2, -0.15) is 4.98 Å². The first-order chi connectivity index (χ1) is 13.1. The molecule has 2 aromatic heterocycles. The molecule has 4 rings (SSSR count). The van der Waals surface area contributed by atoms with Crippen LogP contribution in [-0.4, -0.2) is 51.4 Å². The Kier molecular flexibility index (Phi) is 4.79. The standard InChI is InChI=1S/C21H25N5O/c1-16(2)18-6-4-17(5-7-18)14-20(27)25-12-10-24(11-13-25)19-15-26-9-3-8-22-21(26)23-19/h3-9,15-16H,10-14H2,1-2H3. The Balaban J connectivity index is 1.34. The van der Waals surface area contributed by atoms with Crippen LogP contribution in [0.15, 0.2) is 48.9 Å². The van der Waals surface area contributed by atoms with E-state index in [1.807, 2.05) is 27.8 Å². The Morgan fingerprint density at radius 1 is 1.11 bits per heavy atom. The smallest absolute Gasteiger partial charge is 0.235 e. The van der Waals surface area contributed by atoms with Crippen LogP contribution < -0.4 is 4.90 Å². The van der Waals surface area contributed by atoms with E-state index in [2.05, 4.69) is 53.0 Å². The van der Waals surface area contributed by atoms with Crippen molar-refractivity contribution in [1.82, 2.24) is 19.3 Å². The van der Waals surface area contributed by atoms with Gasteiger partial charge in [-0.3, -0.25) is 9.20 Å². The zero-order valence-corrected chi connectivity index (χ0v) is 15.9. The van der Waals surface area contributed by atoms with Crippen LogP contribution in [0, 0.1) is 0 Å². The van der Waals surface area contributed by atoms with Gasteiger partial charge in [0.25, 0.3) is 0 Å². The van der Waals surface area contributed by atoms with Crippen molar-refractivity contribution in [3.8, 4) is 0 Å². The lowest BCUT2D eigenvalue weighted by Gasteiger charge is -2.34. The third-order valence-electron chi connectivity index (χ3n) is 5.18. The monoisotopic (exact) mass is 363 g/mol. The van der Waals surface area contributed by atoms with Gasteiger partial charge in [0.05, 0.1) is 12.6 Å². The largest absolute Gasteiger partial charge is 0.352 e. The third kappa shape index (κ3) is 3.79. The number of benzene rings is 1. The Bertz CT molecular complexity index is 890. The lowest BCUT2D eigenvalue weighted by atomic mass is 10.0. The summed E-state index contributed by atoms with van der Waals surface area (Å²) >= 11 is 0. The minimum absolute atomic E-state index is 0.198. The molecule has 140 valence electrons. The number of carbonyl (C=O) groups is 1. The molecule has 1 fully saturated rings. The molecule has 0 bridgehead atoms. The number of imidazole rings is 1. The molecule has 3 heterocycles. The molecule has 1 aliphatic heterocycles. The fraction of sp³-hybridized carbons (Fsp3) is 0.381. The Morgan fingerprint density at radius 2 is 1.85 bits per heavy atom. The van der Waals surface area contributed by atoms with Crippen molar-refractivity contribution >= 4 is 17.5 Å². The summed E-state index contributed by atoms with van der Waals surface area (Å²) in [6.07, 6.45) is 6.16. The number of amides is 1. The normalized spacial score (nSPS) is 14.9. The molecule has 0 atom stereocenters. The number of hydrogen-bond donors (Lipinski definition) is 0. The number of aromatic nitrogens is 3. The molecule has 6 nitrogen and oxygen atoms in total. The number of nitrogens with zero attached hydrogens (tertiary/aromatic N) is 5. The van der Waals surface area contributed by atoms with E-state index in [1.165, 1.54) is 5.56 Å². The quantitative estimate of drug-likeness (QED) is 0.715. The molecule has 1 aliphatic rings. The highest BCUT2D eigenvalue weighted by atomic mass is 16.2. The van der Waals surface area contributed by atoms with E-state index in [1.54, 1.807) is 6.20 Å². The minimum Gasteiger partial charge on any atom is -0.352 e. The lowest BCUT2D eigenvalue weighted by molar-refractivity contribution is -0.130. The molecular weight excluding hydrogens is 338 g/mol. The second-order valence-corrected chi connectivity index (χ2v) is 7.37. The number of hydrogen-bond acceptors (Lipinski definition) is 4. The third-order valence-corrected chi connectivity index (χ3v) is 5.18. The molecule has 27 heavy (non-hydrogen) atoms. The predicted molar refractivity (Wildman–Crippen MR) is 106 cm³/mol. The summed E-state index contributed by atoms with van der Waals surface area (Å²) in [4.78, 5) is 25.7. The molecule has 0 unspecified atom stereocenters. The summed E-state index contributed by atoms with van der Waals surface area (Å²) in [6.45, 7) is 7.40. The van der Waals surface area contributed by atoms with E-state index >= 15 is 0 Å². The van der Waals surface area contributed by atoms with E-state index < -0.39 is 0 Å². The number of fused-ring (bicyclic) bond motifs is 1. The molecule has 0 aliphatic carbocycles. The highest BCUT2D eigenvalue weighted by molar-refractivity contribution is 5.79. The van der Waals surface area contributed by atoms with Gasteiger partial charge in [0.1, 0.15) is 5.82 Å². The number of piperazine rings is 1. The summed E-state index contributed by atoms with van der Waals surface area (Å²) in [5.74, 6) is 2.34. The summed E-state index contributed by atoms with van der Waals surface area (Å²) in [7, 11) is 0. The van der Waals surface area contributed by atoms with E-state index in [4.69, 9.17) is 0 Å². The summed E-state index contributed by atoms with van der Waals surface area (Å²) in [5, 5.41) is 0. The molecule has 1 amide bonds. The zero-order valence-electron chi connectivity index (χ0n) is 15.9. The number of anilines is 1. The van der Waals surface area contributed by atoms with Crippen LogP contribution in [0.25, 0.3) is 5.78 Å². The molecule has 0 spiro atoms. The van der Waals surface area contributed by atoms with Crippen molar-refractivity contribution in [1.29, 1.82) is 0 Å². The Labute approximate surface area is 159 Å². The van der Waals surface area contributed by atoms with Gasteiger partial charge in [-0.15, -0.1) is 0 Å². The van der Waals surface area contributed by atoms with Gasteiger partial charge in [0.2, 0.25) is 11.7 Å². The maximum absolute atomic E-state index is 12.6. The Morgan fingerprint density at radius 3 is 2.52 bits per heavy atom. The van der Waals surface area contributed by atoms with Crippen molar-refractivity contribution in [2.45, 2.75) is 26.2 Å². The second kappa shape index (κ2) is 7.39. The molecule has 1 saturated heterocycles. The first-order valence-corrected chi connectivity index (χ1v) is 9.51. The number of rotatable bonds is 4. The van der Waals surface area contributed by atoms with Gasteiger partial charge in [-0.1, -0.05) is 38.1 Å². The maximum Gasteiger partial charge on any atom is 0.235 e. The van der Waals surface area contributed by atoms with Gasteiger partial charge < -0.3 is 9.80 Å². The van der Waals surface area contributed by atoms with Crippen molar-refractivity contribution in [2.24, 2.45) is 0 Å². The van der Waals surface area contributed by atoms with Gasteiger partial charge in [0, 0.05) is 38.6 Å². The van der Waals surface area contributed by atoms with Gasteiger partial charge >= 0.3 is 0 Å². The maximum atomic E-state index is 12.6. The van der Waals surface area contributed by atoms with Crippen LogP contribution in [0.3, 0.4) is 0 Å².